The molecular formula is C23H23NO4S2. The molecule has 3 rings (SSSR count). The lowest BCUT2D eigenvalue weighted by Crippen LogP contribution is -2.38. The average molecular weight is 442 g/mol. The molecule has 1 aliphatic rings. The number of rotatable bonds is 8. The van der Waals surface area contributed by atoms with Crippen molar-refractivity contribution in [3.63, 3.8) is 0 Å². The van der Waals surface area contributed by atoms with Crippen LogP contribution in [0.3, 0.4) is 0 Å². The number of carbonyl (C=O) groups is 2. The molecule has 1 heterocycles. The molecule has 156 valence electrons. The van der Waals surface area contributed by atoms with Crippen molar-refractivity contribution in [3.05, 3.63) is 70.6 Å². The molecule has 2 aromatic rings. The number of hydrogen-bond donors (Lipinski definition) is 0. The van der Waals surface area contributed by atoms with Crippen LogP contribution >= 0.6 is 24.0 Å². The predicted octanol–water partition coefficient (Wildman–Crippen LogP) is 4.98. The summed E-state index contributed by atoms with van der Waals surface area (Å²) in [5.41, 5.74) is 1.44. The highest BCUT2D eigenvalue weighted by molar-refractivity contribution is 8.26. The molecule has 1 unspecified atom stereocenters. The lowest BCUT2D eigenvalue weighted by Gasteiger charge is -2.25. The summed E-state index contributed by atoms with van der Waals surface area (Å²) in [7, 11) is 0. The summed E-state index contributed by atoms with van der Waals surface area (Å²) >= 11 is 6.65. The fourth-order valence-corrected chi connectivity index (χ4v) is 4.34. The van der Waals surface area contributed by atoms with Crippen LogP contribution in [0.25, 0.3) is 6.08 Å². The number of para-hydroxylation sites is 1. The zero-order chi connectivity index (χ0) is 21.5. The highest BCUT2D eigenvalue weighted by atomic mass is 32.2. The van der Waals surface area contributed by atoms with Crippen LogP contribution in [0.5, 0.6) is 5.75 Å². The first kappa shape index (κ1) is 22.1. The van der Waals surface area contributed by atoms with Crippen LogP contribution in [-0.4, -0.2) is 34.3 Å². The summed E-state index contributed by atoms with van der Waals surface area (Å²) in [6.45, 7) is 4.57. The van der Waals surface area contributed by atoms with Gasteiger partial charge >= 0.3 is 5.97 Å². The Labute approximate surface area is 186 Å². The van der Waals surface area contributed by atoms with Crippen molar-refractivity contribution in [1.29, 1.82) is 0 Å². The molecule has 1 saturated heterocycles. The van der Waals surface area contributed by atoms with Crippen molar-refractivity contribution in [2.24, 2.45) is 0 Å². The molecule has 0 spiro atoms. The lowest BCUT2D eigenvalue weighted by molar-refractivity contribution is -0.151. The number of benzene rings is 2. The molecule has 0 bridgehead atoms. The standard InChI is InChI=1S/C23H23NO4S2/c1-3-14-28-18-13-9-8-12-17(18)15-19-21(25)24(23(29)30-19)20(22(26)27-4-2)16-10-6-5-7-11-16/h5-13,15,20H,3-4,14H2,1-2H3/b19-15+. The van der Waals surface area contributed by atoms with E-state index >= 15 is 0 Å². The molecule has 1 atom stereocenters. The van der Waals surface area contributed by atoms with Crippen molar-refractivity contribution in [2.45, 2.75) is 26.3 Å². The minimum atomic E-state index is -0.920. The number of thioether (sulfide) groups is 1. The van der Waals surface area contributed by atoms with Gasteiger partial charge in [-0.25, -0.2) is 4.79 Å². The molecule has 0 radical (unpaired) electrons. The van der Waals surface area contributed by atoms with Crippen LogP contribution in [0.2, 0.25) is 0 Å². The topological polar surface area (TPSA) is 55.8 Å². The third-order valence-electron chi connectivity index (χ3n) is 4.37. The first-order chi connectivity index (χ1) is 14.6. The Kier molecular flexibility index (Phi) is 7.65. The molecule has 5 nitrogen and oxygen atoms in total. The van der Waals surface area contributed by atoms with Gasteiger partial charge in [-0.2, -0.15) is 0 Å². The van der Waals surface area contributed by atoms with Crippen molar-refractivity contribution in [1.82, 2.24) is 4.90 Å². The minimum absolute atomic E-state index is 0.217. The summed E-state index contributed by atoms with van der Waals surface area (Å²) < 4.78 is 11.3. The Hall–Kier alpha value is -2.64. The maximum atomic E-state index is 13.3. The van der Waals surface area contributed by atoms with Gasteiger partial charge in [-0.1, -0.05) is 79.4 Å². The van der Waals surface area contributed by atoms with Gasteiger partial charge in [0.1, 0.15) is 10.1 Å². The largest absolute Gasteiger partial charge is 0.493 e. The van der Waals surface area contributed by atoms with Crippen LogP contribution in [0.4, 0.5) is 0 Å². The molecule has 30 heavy (non-hydrogen) atoms. The Morgan fingerprint density at radius 1 is 1.13 bits per heavy atom. The molecule has 0 N–H and O–H groups in total. The smallest absolute Gasteiger partial charge is 0.333 e. The summed E-state index contributed by atoms with van der Waals surface area (Å²) in [6.07, 6.45) is 2.65. The van der Waals surface area contributed by atoms with E-state index in [4.69, 9.17) is 21.7 Å². The predicted molar refractivity (Wildman–Crippen MR) is 123 cm³/mol. The quantitative estimate of drug-likeness (QED) is 0.327. The third-order valence-corrected chi connectivity index (χ3v) is 5.70. The van der Waals surface area contributed by atoms with E-state index in [1.54, 1.807) is 25.1 Å². The Balaban J connectivity index is 1.95. The first-order valence-electron chi connectivity index (χ1n) is 9.77. The van der Waals surface area contributed by atoms with Gasteiger partial charge in [0.25, 0.3) is 5.91 Å². The highest BCUT2D eigenvalue weighted by Crippen LogP contribution is 2.39. The van der Waals surface area contributed by atoms with Gasteiger partial charge in [0.05, 0.1) is 18.1 Å². The zero-order valence-corrected chi connectivity index (χ0v) is 18.5. The third kappa shape index (κ3) is 4.91. The van der Waals surface area contributed by atoms with Gasteiger partial charge < -0.3 is 9.47 Å². The van der Waals surface area contributed by atoms with Crippen LogP contribution in [-0.2, 0) is 14.3 Å². The van der Waals surface area contributed by atoms with E-state index in [0.29, 0.717) is 27.1 Å². The van der Waals surface area contributed by atoms with E-state index in [-0.39, 0.29) is 12.5 Å². The van der Waals surface area contributed by atoms with E-state index in [2.05, 4.69) is 0 Å². The van der Waals surface area contributed by atoms with Crippen molar-refractivity contribution in [2.75, 3.05) is 13.2 Å². The molecular weight excluding hydrogens is 418 g/mol. The minimum Gasteiger partial charge on any atom is -0.493 e. The summed E-state index contributed by atoms with van der Waals surface area (Å²) in [5.74, 6) is -0.125. The zero-order valence-electron chi connectivity index (χ0n) is 16.9. The monoisotopic (exact) mass is 441 g/mol. The second-order valence-corrected chi connectivity index (χ2v) is 8.18. The molecule has 2 aromatic carbocycles. The normalized spacial score (nSPS) is 16.1. The van der Waals surface area contributed by atoms with E-state index in [1.165, 1.54) is 16.7 Å². The molecule has 1 amide bonds. The van der Waals surface area contributed by atoms with Gasteiger partial charge in [-0.3, -0.25) is 9.69 Å². The van der Waals surface area contributed by atoms with Crippen LogP contribution in [0, 0.1) is 0 Å². The van der Waals surface area contributed by atoms with Crippen molar-refractivity contribution < 1.29 is 19.1 Å². The van der Waals surface area contributed by atoms with E-state index in [9.17, 15) is 9.59 Å². The van der Waals surface area contributed by atoms with Gasteiger partial charge in [0.15, 0.2) is 6.04 Å². The summed E-state index contributed by atoms with van der Waals surface area (Å²) in [4.78, 5) is 27.8. The Bertz CT molecular complexity index is 959. The number of amides is 1. The highest BCUT2D eigenvalue weighted by Gasteiger charge is 2.42. The number of esters is 1. The fourth-order valence-electron chi connectivity index (χ4n) is 3.03. The van der Waals surface area contributed by atoms with Crippen LogP contribution < -0.4 is 4.74 Å². The maximum absolute atomic E-state index is 13.3. The maximum Gasteiger partial charge on any atom is 0.333 e. The molecule has 1 fully saturated rings. The van der Waals surface area contributed by atoms with E-state index in [1.807, 2.05) is 49.4 Å². The Morgan fingerprint density at radius 2 is 1.83 bits per heavy atom. The van der Waals surface area contributed by atoms with Crippen molar-refractivity contribution in [3.8, 4) is 5.75 Å². The molecule has 0 aliphatic carbocycles. The lowest BCUT2D eigenvalue weighted by atomic mass is 10.1. The number of thiocarbonyl (C=S) groups is 1. The Morgan fingerprint density at radius 3 is 2.53 bits per heavy atom. The van der Waals surface area contributed by atoms with Crippen LogP contribution in [0.1, 0.15) is 37.4 Å². The molecule has 0 saturated carbocycles. The summed E-state index contributed by atoms with van der Waals surface area (Å²) in [6, 6.07) is 15.7. The number of carbonyl (C=O) groups excluding carboxylic acids is 2. The van der Waals surface area contributed by atoms with E-state index in [0.717, 1.165) is 12.0 Å². The molecule has 7 heteroatoms. The molecule has 0 aromatic heterocycles. The second kappa shape index (κ2) is 10.4. The van der Waals surface area contributed by atoms with Crippen molar-refractivity contribution >= 4 is 46.3 Å². The van der Waals surface area contributed by atoms with E-state index < -0.39 is 12.0 Å². The van der Waals surface area contributed by atoms with Gasteiger partial charge in [-0.15, -0.1) is 0 Å². The molecule has 1 aliphatic heterocycles. The second-order valence-electron chi connectivity index (χ2n) is 6.50. The van der Waals surface area contributed by atoms with Gasteiger partial charge in [0, 0.05) is 5.56 Å². The van der Waals surface area contributed by atoms with Gasteiger partial charge in [0.2, 0.25) is 0 Å². The number of hydrogen-bond acceptors (Lipinski definition) is 6. The average Bonchev–Trinajstić information content (AvgIpc) is 3.02. The SMILES string of the molecule is CCCOc1ccccc1/C=C1/SC(=S)N(C(C(=O)OCC)c2ccccc2)C1=O. The number of ether oxygens (including phenoxy) is 2. The van der Waals surface area contributed by atoms with Gasteiger partial charge in [-0.05, 0) is 31.1 Å². The first-order valence-corrected chi connectivity index (χ1v) is 11.0. The fraction of sp³-hybridized carbons (Fsp3) is 0.261. The van der Waals surface area contributed by atoms with Crippen LogP contribution in [0.15, 0.2) is 59.5 Å². The summed E-state index contributed by atoms with van der Waals surface area (Å²) in [5, 5.41) is 0. The number of nitrogens with zero attached hydrogens (tertiary/aromatic N) is 1.